The third-order valence-corrected chi connectivity index (χ3v) is 4.84. The maximum absolute atomic E-state index is 12.6. The minimum atomic E-state index is -0.924. The van der Waals surface area contributed by atoms with Crippen LogP contribution in [0, 0.1) is 20.2 Å². The Kier molecular flexibility index (Phi) is 7.18. The van der Waals surface area contributed by atoms with Crippen LogP contribution in [-0.2, 0) is 14.3 Å². The zero-order valence-electron chi connectivity index (χ0n) is 16.5. The molecule has 1 fully saturated rings. The van der Waals surface area contributed by atoms with Crippen LogP contribution in [0.15, 0.2) is 36.4 Å². The van der Waals surface area contributed by atoms with E-state index in [9.17, 15) is 29.8 Å². The van der Waals surface area contributed by atoms with Gasteiger partial charge in [-0.2, -0.15) is 0 Å². The van der Waals surface area contributed by atoms with E-state index in [1.54, 1.807) is 0 Å². The molecule has 168 valence electrons. The molecule has 1 heterocycles. The van der Waals surface area contributed by atoms with E-state index < -0.39 is 34.0 Å². The second-order valence-corrected chi connectivity index (χ2v) is 7.01. The molecule has 13 heteroatoms. The number of benzene rings is 2. The molecule has 12 nitrogen and oxygen atoms in total. The summed E-state index contributed by atoms with van der Waals surface area (Å²) in [6.45, 7) is 1.12. The molecule has 0 unspecified atom stereocenters. The minimum absolute atomic E-state index is 0.0592. The minimum Gasteiger partial charge on any atom is -0.452 e. The lowest BCUT2D eigenvalue weighted by Crippen LogP contribution is -2.37. The SMILES string of the molecule is O=C(COC(=O)c1cc([N+](=O)[O-])ccc1N1CCOCC1)Nc1ccc(Cl)c([N+](=O)[O-])c1. The summed E-state index contributed by atoms with van der Waals surface area (Å²) in [5.74, 6) is -1.68. The standard InChI is InChI=1S/C19H17ClN4O8/c20-15-3-1-12(9-17(15)24(29)30)21-18(25)11-32-19(26)14-10-13(23(27)28)2-4-16(14)22-5-7-31-8-6-22/h1-4,9-10H,5-8,11H2,(H,21,25). The van der Waals surface area contributed by atoms with Crippen molar-refractivity contribution < 1.29 is 28.9 Å². The summed E-state index contributed by atoms with van der Waals surface area (Å²) in [6, 6.07) is 7.49. The van der Waals surface area contributed by atoms with Crippen LogP contribution in [0.2, 0.25) is 5.02 Å². The number of carbonyl (C=O) groups excluding carboxylic acids is 2. The zero-order chi connectivity index (χ0) is 23.3. The van der Waals surface area contributed by atoms with Gasteiger partial charge in [0.1, 0.15) is 5.02 Å². The summed E-state index contributed by atoms with van der Waals surface area (Å²) >= 11 is 5.73. The van der Waals surface area contributed by atoms with Crippen LogP contribution < -0.4 is 10.2 Å². The van der Waals surface area contributed by atoms with Gasteiger partial charge in [-0.1, -0.05) is 11.6 Å². The lowest BCUT2D eigenvalue weighted by molar-refractivity contribution is -0.385. The quantitative estimate of drug-likeness (QED) is 0.370. The van der Waals surface area contributed by atoms with Crippen molar-refractivity contribution in [1.82, 2.24) is 0 Å². The van der Waals surface area contributed by atoms with Crippen LogP contribution in [0.25, 0.3) is 0 Å². The highest BCUT2D eigenvalue weighted by molar-refractivity contribution is 6.32. The maximum atomic E-state index is 12.6. The highest BCUT2D eigenvalue weighted by Crippen LogP contribution is 2.28. The predicted octanol–water partition coefficient (Wildman–Crippen LogP) is 2.79. The van der Waals surface area contributed by atoms with Gasteiger partial charge in [0, 0.05) is 37.0 Å². The number of rotatable bonds is 7. The molecular formula is C19H17ClN4O8. The highest BCUT2D eigenvalue weighted by atomic mass is 35.5. The van der Waals surface area contributed by atoms with Gasteiger partial charge in [0.15, 0.2) is 6.61 Å². The Labute approximate surface area is 186 Å². The largest absolute Gasteiger partial charge is 0.452 e. The number of nitro groups is 2. The fourth-order valence-electron chi connectivity index (χ4n) is 3.02. The summed E-state index contributed by atoms with van der Waals surface area (Å²) in [4.78, 5) is 47.4. The van der Waals surface area contributed by atoms with Gasteiger partial charge >= 0.3 is 5.97 Å². The van der Waals surface area contributed by atoms with Crippen molar-refractivity contribution in [2.24, 2.45) is 0 Å². The van der Waals surface area contributed by atoms with Crippen molar-refractivity contribution in [1.29, 1.82) is 0 Å². The van der Waals surface area contributed by atoms with Crippen molar-refractivity contribution in [3.05, 3.63) is 67.2 Å². The van der Waals surface area contributed by atoms with Crippen molar-refractivity contribution in [2.75, 3.05) is 43.1 Å². The summed E-state index contributed by atoms with van der Waals surface area (Å²) in [5.41, 5.74) is -0.236. The van der Waals surface area contributed by atoms with E-state index in [0.717, 1.165) is 12.1 Å². The van der Waals surface area contributed by atoms with Crippen molar-refractivity contribution in [2.45, 2.75) is 0 Å². The number of carbonyl (C=O) groups is 2. The van der Waals surface area contributed by atoms with E-state index in [1.165, 1.54) is 24.3 Å². The Morgan fingerprint density at radius 2 is 1.81 bits per heavy atom. The maximum Gasteiger partial charge on any atom is 0.341 e. The van der Waals surface area contributed by atoms with Crippen LogP contribution in [0.3, 0.4) is 0 Å². The van der Waals surface area contributed by atoms with Crippen molar-refractivity contribution in [3.8, 4) is 0 Å². The second kappa shape index (κ2) is 10.0. The smallest absolute Gasteiger partial charge is 0.341 e. The van der Waals surface area contributed by atoms with Crippen LogP contribution in [-0.4, -0.2) is 54.6 Å². The molecule has 1 N–H and O–H groups in total. The molecule has 1 aliphatic heterocycles. The van der Waals surface area contributed by atoms with Crippen LogP contribution in [0.5, 0.6) is 0 Å². The first-order valence-electron chi connectivity index (χ1n) is 9.28. The molecule has 3 rings (SSSR count). The third-order valence-electron chi connectivity index (χ3n) is 4.52. The van der Waals surface area contributed by atoms with Gasteiger partial charge in [-0.3, -0.25) is 25.0 Å². The highest BCUT2D eigenvalue weighted by Gasteiger charge is 2.24. The van der Waals surface area contributed by atoms with E-state index in [-0.39, 0.29) is 22.0 Å². The van der Waals surface area contributed by atoms with Gasteiger partial charge < -0.3 is 19.7 Å². The van der Waals surface area contributed by atoms with Crippen molar-refractivity contribution in [3.63, 3.8) is 0 Å². The lowest BCUT2D eigenvalue weighted by Gasteiger charge is -2.30. The number of nitrogens with zero attached hydrogens (tertiary/aromatic N) is 3. The molecule has 32 heavy (non-hydrogen) atoms. The number of hydrogen-bond donors (Lipinski definition) is 1. The van der Waals surface area contributed by atoms with E-state index in [2.05, 4.69) is 5.32 Å². The Bertz CT molecular complexity index is 1070. The van der Waals surface area contributed by atoms with E-state index in [0.29, 0.717) is 32.0 Å². The number of amides is 1. The van der Waals surface area contributed by atoms with Gasteiger partial charge in [-0.05, 0) is 18.2 Å². The Morgan fingerprint density at radius 1 is 1.09 bits per heavy atom. The first-order valence-corrected chi connectivity index (χ1v) is 9.66. The second-order valence-electron chi connectivity index (χ2n) is 6.61. The third kappa shape index (κ3) is 5.47. The summed E-state index contributed by atoms with van der Waals surface area (Å²) in [5, 5.41) is 24.3. The average molecular weight is 465 g/mol. The molecule has 2 aromatic rings. The fourth-order valence-corrected chi connectivity index (χ4v) is 3.20. The van der Waals surface area contributed by atoms with Gasteiger partial charge in [0.2, 0.25) is 0 Å². The Morgan fingerprint density at radius 3 is 2.47 bits per heavy atom. The topological polar surface area (TPSA) is 154 Å². The molecule has 0 aliphatic carbocycles. The lowest BCUT2D eigenvalue weighted by atomic mass is 10.1. The molecule has 2 aromatic carbocycles. The predicted molar refractivity (Wildman–Crippen MR) is 113 cm³/mol. The monoisotopic (exact) mass is 464 g/mol. The number of ether oxygens (including phenoxy) is 2. The number of halogens is 1. The number of hydrogen-bond acceptors (Lipinski definition) is 9. The van der Waals surface area contributed by atoms with E-state index in [1.807, 2.05) is 4.90 Å². The molecule has 1 aliphatic rings. The number of anilines is 2. The molecule has 0 aromatic heterocycles. The van der Waals surface area contributed by atoms with Crippen LogP contribution >= 0.6 is 11.6 Å². The van der Waals surface area contributed by atoms with Crippen molar-refractivity contribution >= 4 is 46.2 Å². The number of nitrogens with one attached hydrogen (secondary N) is 1. The van der Waals surface area contributed by atoms with Crippen LogP contribution in [0.1, 0.15) is 10.4 Å². The van der Waals surface area contributed by atoms with E-state index >= 15 is 0 Å². The van der Waals surface area contributed by atoms with Gasteiger partial charge in [0.05, 0.1) is 34.3 Å². The molecule has 0 spiro atoms. The Balaban J connectivity index is 1.71. The molecule has 0 atom stereocenters. The van der Waals surface area contributed by atoms with E-state index in [4.69, 9.17) is 21.1 Å². The summed E-state index contributed by atoms with van der Waals surface area (Å²) in [6.07, 6.45) is 0. The average Bonchev–Trinajstić information content (AvgIpc) is 2.78. The molecule has 0 radical (unpaired) electrons. The summed E-state index contributed by atoms with van der Waals surface area (Å²) < 4.78 is 10.3. The van der Waals surface area contributed by atoms with Gasteiger partial charge in [-0.15, -0.1) is 0 Å². The van der Waals surface area contributed by atoms with Gasteiger partial charge in [-0.25, -0.2) is 4.79 Å². The molecule has 0 bridgehead atoms. The molecule has 1 amide bonds. The number of non-ortho nitro benzene ring substituents is 1. The van der Waals surface area contributed by atoms with Gasteiger partial charge in [0.25, 0.3) is 17.3 Å². The molecule has 1 saturated heterocycles. The number of esters is 1. The molecule has 0 saturated carbocycles. The number of morpholine rings is 1. The first kappa shape index (κ1) is 22.9. The normalized spacial score (nSPS) is 13.3. The van der Waals surface area contributed by atoms with Crippen LogP contribution in [0.4, 0.5) is 22.7 Å². The fraction of sp³-hybridized carbons (Fsp3) is 0.263. The molecular weight excluding hydrogens is 448 g/mol. The Hall–Kier alpha value is -3.77. The number of nitro benzene ring substituents is 2. The summed E-state index contributed by atoms with van der Waals surface area (Å²) in [7, 11) is 0. The first-order chi connectivity index (χ1) is 15.3. The zero-order valence-corrected chi connectivity index (χ0v) is 17.2.